The predicted molar refractivity (Wildman–Crippen MR) is 131 cm³/mol. The smallest absolute Gasteiger partial charge is 0.210 e. The quantitative estimate of drug-likeness (QED) is 0.232. The molecule has 0 fully saturated rings. The molecule has 0 spiro atoms. The van der Waals surface area contributed by atoms with E-state index in [1.165, 1.54) is 50.9 Å². The molecule has 0 aliphatic rings. The first-order chi connectivity index (χ1) is 15.2. The van der Waals surface area contributed by atoms with E-state index in [0.717, 1.165) is 41.6 Å². The summed E-state index contributed by atoms with van der Waals surface area (Å²) in [5.41, 5.74) is 5.15. The van der Waals surface area contributed by atoms with Crippen molar-refractivity contribution in [2.75, 3.05) is 19.6 Å². The lowest BCUT2D eigenvalue weighted by Crippen LogP contribution is -2.26. The van der Waals surface area contributed by atoms with Crippen LogP contribution in [0.2, 0.25) is 0 Å². The Morgan fingerprint density at radius 3 is 2.26 bits per heavy atom. The number of benzene rings is 1. The van der Waals surface area contributed by atoms with Crippen molar-refractivity contribution in [2.24, 2.45) is 0 Å². The predicted octanol–water partition coefficient (Wildman–Crippen LogP) is 6.57. The third-order valence-corrected chi connectivity index (χ3v) is 5.98. The number of aromatic nitrogens is 1. The summed E-state index contributed by atoms with van der Waals surface area (Å²) in [4.78, 5) is 15.9. The van der Waals surface area contributed by atoms with Gasteiger partial charge in [-0.05, 0) is 87.5 Å². The van der Waals surface area contributed by atoms with Gasteiger partial charge in [-0.15, -0.1) is 0 Å². The van der Waals surface area contributed by atoms with Gasteiger partial charge in [0.15, 0.2) is 0 Å². The normalized spacial score (nSPS) is 11.5. The molecule has 0 aliphatic heterocycles. The van der Waals surface area contributed by atoms with E-state index < -0.39 is 0 Å². The van der Waals surface area contributed by atoms with Crippen molar-refractivity contribution in [3.05, 3.63) is 77.1 Å². The molecule has 0 amide bonds. The standard InChI is InChI=1S/C28H38N2O/c1-4-11-25-22-26-13-8-10-21-30(26)27(25)28(31)24-16-14-23(15-17-24)12-7-9-20-29(18-5-2)19-6-3/h8,10,13-17,21-22H,4-7,9,11-12,18-20H2,1-3H3. The van der Waals surface area contributed by atoms with E-state index in [9.17, 15) is 4.79 Å². The van der Waals surface area contributed by atoms with Gasteiger partial charge in [-0.3, -0.25) is 4.79 Å². The van der Waals surface area contributed by atoms with E-state index >= 15 is 0 Å². The highest BCUT2D eigenvalue weighted by Gasteiger charge is 2.18. The molecule has 0 bridgehead atoms. The zero-order valence-corrected chi connectivity index (χ0v) is 19.6. The Balaban J connectivity index is 1.63. The summed E-state index contributed by atoms with van der Waals surface area (Å²) in [7, 11) is 0. The van der Waals surface area contributed by atoms with Crippen molar-refractivity contribution in [3.63, 3.8) is 0 Å². The molecule has 0 atom stereocenters. The van der Waals surface area contributed by atoms with Crippen LogP contribution in [0.4, 0.5) is 0 Å². The summed E-state index contributed by atoms with van der Waals surface area (Å²) < 4.78 is 2.04. The molecule has 2 aromatic heterocycles. The van der Waals surface area contributed by atoms with E-state index in [0.29, 0.717) is 0 Å². The van der Waals surface area contributed by atoms with Gasteiger partial charge in [0, 0.05) is 17.3 Å². The molecule has 0 unspecified atom stereocenters. The van der Waals surface area contributed by atoms with Crippen molar-refractivity contribution in [1.29, 1.82) is 0 Å². The highest BCUT2D eigenvalue weighted by Crippen LogP contribution is 2.22. The monoisotopic (exact) mass is 418 g/mol. The maximum atomic E-state index is 13.4. The molecule has 0 aliphatic carbocycles. The number of pyridine rings is 1. The Bertz CT molecular complexity index is 949. The van der Waals surface area contributed by atoms with Crippen molar-refractivity contribution in [3.8, 4) is 0 Å². The second-order valence-electron chi connectivity index (χ2n) is 8.59. The minimum absolute atomic E-state index is 0.121. The summed E-state index contributed by atoms with van der Waals surface area (Å²) in [5.74, 6) is 0.121. The van der Waals surface area contributed by atoms with E-state index in [1.807, 2.05) is 34.9 Å². The van der Waals surface area contributed by atoms with Gasteiger partial charge in [0.25, 0.3) is 0 Å². The fourth-order valence-electron chi connectivity index (χ4n) is 4.49. The maximum absolute atomic E-state index is 13.4. The molecule has 0 N–H and O–H groups in total. The second kappa shape index (κ2) is 11.9. The van der Waals surface area contributed by atoms with Gasteiger partial charge >= 0.3 is 0 Å². The molecule has 2 heterocycles. The molecule has 166 valence electrons. The van der Waals surface area contributed by atoms with Crippen LogP contribution in [-0.4, -0.2) is 34.7 Å². The number of fused-ring (bicyclic) bond motifs is 1. The maximum Gasteiger partial charge on any atom is 0.210 e. The topological polar surface area (TPSA) is 24.7 Å². The lowest BCUT2D eigenvalue weighted by molar-refractivity contribution is 0.103. The first-order valence-electron chi connectivity index (χ1n) is 12.1. The lowest BCUT2D eigenvalue weighted by atomic mass is 10.00. The summed E-state index contributed by atoms with van der Waals surface area (Å²) >= 11 is 0. The Labute approximate surface area is 188 Å². The minimum Gasteiger partial charge on any atom is -0.313 e. The average molecular weight is 419 g/mol. The van der Waals surface area contributed by atoms with Crippen molar-refractivity contribution in [2.45, 2.75) is 65.7 Å². The molecule has 3 aromatic rings. The molecule has 3 nitrogen and oxygen atoms in total. The number of rotatable bonds is 13. The van der Waals surface area contributed by atoms with Crippen LogP contribution in [-0.2, 0) is 12.8 Å². The molecule has 1 aromatic carbocycles. The summed E-state index contributed by atoms with van der Waals surface area (Å²) in [5, 5.41) is 0. The van der Waals surface area contributed by atoms with E-state index in [1.54, 1.807) is 0 Å². The van der Waals surface area contributed by atoms with Gasteiger partial charge in [-0.2, -0.15) is 0 Å². The molecule has 0 saturated carbocycles. The molecule has 0 saturated heterocycles. The largest absolute Gasteiger partial charge is 0.313 e. The molecular formula is C28H38N2O. The van der Waals surface area contributed by atoms with Crippen LogP contribution in [0.15, 0.2) is 54.7 Å². The molecule has 3 heteroatoms. The summed E-state index contributed by atoms with van der Waals surface area (Å²) in [6.45, 7) is 10.3. The van der Waals surface area contributed by atoms with Gasteiger partial charge in [-0.1, -0.05) is 57.5 Å². The fraction of sp³-hybridized carbons (Fsp3) is 0.464. The highest BCUT2D eigenvalue weighted by molar-refractivity contribution is 6.09. The number of carbonyl (C=O) groups is 1. The third-order valence-electron chi connectivity index (χ3n) is 5.98. The van der Waals surface area contributed by atoms with Crippen LogP contribution >= 0.6 is 0 Å². The Morgan fingerprint density at radius 2 is 1.58 bits per heavy atom. The highest BCUT2D eigenvalue weighted by atomic mass is 16.1. The first-order valence-corrected chi connectivity index (χ1v) is 12.1. The van der Waals surface area contributed by atoms with Gasteiger partial charge in [0.05, 0.1) is 5.69 Å². The Morgan fingerprint density at radius 1 is 0.839 bits per heavy atom. The zero-order valence-electron chi connectivity index (χ0n) is 19.6. The van der Waals surface area contributed by atoms with E-state index in [4.69, 9.17) is 0 Å². The van der Waals surface area contributed by atoms with Crippen molar-refractivity contribution >= 4 is 11.3 Å². The lowest BCUT2D eigenvalue weighted by Gasteiger charge is -2.20. The average Bonchev–Trinajstić information content (AvgIpc) is 3.15. The van der Waals surface area contributed by atoms with Crippen LogP contribution < -0.4 is 0 Å². The Hall–Kier alpha value is -2.39. The van der Waals surface area contributed by atoms with E-state index in [2.05, 4.69) is 49.9 Å². The van der Waals surface area contributed by atoms with Gasteiger partial charge in [-0.25, -0.2) is 0 Å². The third kappa shape index (κ3) is 6.07. The molecule has 0 radical (unpaired) electrons. The van der Waals surface area contributed by atoms with Crippen molar-refractivity contribution in [1.82, 2.24) is 9.30 Å². The molecular weight excluding hydrogens is 380 g/mol. The number of carbonyl (C=O) groups excluding carboxylic acids is 1. The molecule has 3 rings (SSSR count). The zero-order chi connectivity index (χ0) is 22.1. The van der Waals surface area contributed by atoms with Gasteiger partial charge in [0.2, 0.25) is 5.78 Å². The van der Waals surface area contributed by atoms with Gasteiger partial charge in [0.1, 0.15) is 0 Å². The number of ketones is 1. The first kappa shape index (κ1) is 23.3. The van der Waals surface area contributed by atoms with Crippen molar-refractivity contribution < 1.29 is 4.79 Å². The number of hydrogen-bond acceptors (Lipinski definition) is 2. The summed E-state index contributed by atoms with van der Waals surface area (Å²) in [6.07, 6.45) is 9.92. The summed E-state index contributed by atoms with van der Waals surface area (Å²) in [6, 6.07) is 16.5. The number of hydrogen-bond donors (Lipinski definition) is 0. The van der Waals surface area contributed by atoms with Crippen LogP contribution in [0.25, 0.3) is 5.52 Å². The molecule has 31 heavy (non-hydrogen) atoms. The number of unbranched alkanes of at least 4 members (excludes halogenated alkanes) is 1. The number of aryl methyl sites for hydroxylation is 2. The van der Waals surface area contributed by atoms with Crippen LogP contribution in [0.5, 0.6) is 0 Å². The fourth-order valence-corrected chi connectivity index (χ4v) is 4.49. The number of nitrogens with zero attached hydrogens (tertiary/aromatic N) is 2. The van der Waals surface area contributed by atoms with E-state index in [-0.39, 0.29) is 5.78 Å². The van der Waals surface area contributed by atoms with Gasteiger partial charge < -0.3 is 9.30 Å². The SMILES string of the molecule is CCCc1cc2ccccn2c1C(=O)c1ccc(CCCCN(CCC)CCC)cc1. The van der Waals surface area contributed by atoms with Crippen LogP contribution in [0.1, 0.15) is 80.1 Å². The Kier molecular flexibility index (Phi) is 8.90. The van der Waals surface area contributed by atoms with Crippen LogP contribution in [0.3, 0.4) is 0 Å². The second-order valence-corrected chi connectivity index (χ2v) is 8.59. The minimum atomic E-state index is 0.121. The van der Waals surface area contributed by atoms with Crippen LogP contribution in [0, 0.1) is 0 Å².